The Morgan fingerprint density at radius 1 is 0.727 bits per heavy atom. The van der Waals surface area contributed by atoms with Crippen molar-refractivity contribution < 1.29 is 0 Å². The molecule has 0 aromatic carbocycles. The van der Waals surface area contributed by atoms with Crippen LogP contribution in [0.4, 0.5) is 0 Å². The lowest BCUT2D eigenvalue weighted by molar-refractivity contribution is 0.624. The summed E-state index contributed by atoms with van der Waals surface area (Å²) in [5.74, 6) is 0. The quantitative estimate of drug-likeness (QED) is 0.520. The van der Waals surface area contributed by atoms with Crippen molar-refractivity contribution in [3.63, 3.8) is 0 Å². The maximum Gasteiger partial charge on any atom is 0.0157 e. The predicted molar refractivity (Wildman–Crippen MR) is 57.9 cm³/mol. The first-order valence-corrected chi connectivity index (χ1v) is 6.19. The van der Waals surface area contributed by atoms with Crippen molar-refractivity contribution in [1.29, 1.82) is 0 Å². The molecule has 0 fully saturated rings. The molecule has 0 saturated carbocycles. The first-order valence-electron chi connectivity index (χ1n) is 3.95. The van der Waals surface area contributed by atoms with Gasteiger partial charge in [0, 0.05) is 23.7 Å². The minimum atomic E-state index is 1.04. The van der Waals surface area contributed by atoms with Crippen molar-refractivity contribution in [1.82, 2.24) is 10.6 Å². The highest BCUT2D eigenvalue weighted by atomic mass is 79.9. The third kappa shape index (κ3) is 10.9. The summed E-state index contributed by atoms with van der Waals surface area (Å²) >= 11 is 6.72. The molecule has 0 bridgehead atoms. The van der Waals surface area contributed by atoms with Crippen LogP contribution in [0.5, 0.6) is 0 Å². The number of halogens is 2. The maximum atomic E-state index is 3.36. The van der Waals surface area contributed by atoms with Crippen LogP contribution in [-0.4, -0.2) is 36.8 Å². The Morgan fingerprint density at radius 3 is 1.55 bits per heavy atom. The lowest BCUT2D eigenvalue weighted by atomic mass is 10.4. The molecular weight excluding hydrogens is 272 g/mol. The van der Waals surface area contributed by atoms with Crippen LogP contribution in [0.25, 0.3) is 0 Å². The molecule has 0 aromatic heterocycles. The molecule has 0 aliphatic carbocycles. The number of hydrogen-bond donors (Lipinski definition) is 2. The van der Waals surface area contributed by atoms with E-state index in [0.29, 0.717) is 0 Å². The van der Waals surface area contributed by atoms with Crippen LogP contribution in [-0.2, 0) is 0 Å². The van der Waals surface area contributed by atoms with Crippen LogP contribution in [0.15, 0.2) is 0 Å². The van der Waals surface area contributed by atoms with Crippen molar-refractivity contribution in [2.45, 2.75) is 6.42 Å². The minimum Gasteiger partial charge on any atom is -0.316 e. The second kappa shape index (κ2) is 10.9. The lowest BCUT2D eigenvalue weighted by Crippen LogP contribution is -2.24. The molecule has 68 valence electrons. The Morgan fingerprint density at radius 2 is 1.18 bits per heavy atom. The minimum absolute atomic E-state index is 1.04. The molecular formula is C7H16Br2N2. The largest absolute Gasteiger partial charge is 0.316 e. The number of nitrogens with one attached hydrogen (secondary N) is 2. The van der Waals surface area contributed by atoms with Crippen LogP contribution < -0.4 is 10.6 Å². The van der Waals surface area contributed by atoms with Crippen LogP contribution in [0.3, 0.4) is 0 Å². The molecule has 0 spiro atoms. The summed E-state index contributed by atoms with van der Waals surface area (Å²) in [6.07, 6.45) is 1.21. The van der Waals surface area contributed by atoms with Gasteiger partial charge < -0.3 is 10.6 Å². The molecule has 0 amide bonds. The average Bonchev–Trinajstić information content (AvgIpc) is 2.03. The summed E-state index contributed by atoms with van der Waals surface area (Å²) in [6.45, 7) is 4.36. The molecule has 0 heterocycles. The SMILES string of the molecule is BrCCNCCCNCCBr. The third-order valence-corrected chi connectivity index (χ3v) is 2.04. The topological polar surface area (TPSA) is 24.1 Å². The first-order chi connectivity index (χ1) is 5.41. The molecule has 0 rings (SSSR count). The number of alkyl halides is 2. The lowest BCUT2D eigenvalue weighted by Gasteiger charge is -2.02. The van der Waals surface area contributed by atoms with Crippen molar-refractivity contribution in [3.8, 4) is 0 Å². The predicted octanol–water partition coefficient (Wildman–Crippen LogP) is 1.35. The van der Waals surface area contributed by atoms with Crippen LogP contribution in [0, 0.1) is 0 Å². The smallest absolute Gasteiger partial charge is 0.0157 e. The fourth-order valence-corrected chi connectivity index (χ4v) is 1.28. The highest BCUT2D eigenvalue weighted by Gasteiger charge is 1.86. The monoisotopic (exact) mass is 286 g/mol. The Kier molecular flexibility index (Phi) is 11.8. The number of rotatable bonds is 8. The van der Waals surface area contributed by atoms with Gasteiger partial charge in [-0.05, 0) is 19.5 Å². The van der Waals surface area contributed by atoms with Crippen molar-refractivity contribution in [3.05, 3.63) is 0 Å². The zero-order chi connectivity index (χ0) is 8.36. The summed E-state index contributed by atoms with van der Waals surface area (Å²) in [4.78, 5) is 0. The van der Waals surface area contributed by atoms with Crippen LogP contribution in [0.2, 0.25) is 0 Å². The Labute approximate surface area is 85.8 Å². The summed E-state index contributed by atoms with van der Waals surface area (Å²) < 4.78 is 0. The maximum absolute atomic E-state index is 3.36. The van der Waals surface area contributed by atoms with E-state index >= 15 is 0 Å². The molecule has 2 N–H and O–H groups in total. The van der Waals surface area contributed by atoms with Crippen LogP contribution in [0.1, 0.15) is 6.42 Å². The third-order valence-electron chi connectivity index (χ3n) is 1.25. The van der Waals surface area contributed by atoms with Gasteiger partial charge in [-0.3, -0.25) is 0 Å². The average molecular weight is 288 g/mol. The summed E-state index contributed by atoms with van der Waals surface area (Å²) in [6, 6.07) is 0. The molecule has 0 aromatic rings. The van der Waals surface area contributed by atoms with Gasteiger partial charge in [0.05, 0.1) is 0 Å². The standard InChI is InChI=1S/C7H16Br2N2/c8-2-6-10-4-1-5-11-7-3-9/h10-11H,1-7H2. The van der Waals surface area contributed by atoms with Gasteiger partial charge in [-0.2, -0.15) is 0 Å². The van der Waals surface area contributed by atoms with Crippen molar-refractivity contribution in [2.75, 3.05) is 36.8 Å². The van der Waals surface area contributed by atoms with Gasteiger partial charge in [-0.25, -0.2) is 0 Å². The zero-order valence-corrected chi connectivity index (χ0v) is 9.88. The van der Waals surface area contributed by atoms with E-state index in [9.17, 15) is 0 Å². The first kappa shape index (κ1) is 11.9. The van der Waals surface area contributed by atoms with E-state index in [1.54, 1.807) is 0 Å². The van der Waals surface area contributed by atoms with Gasteiger partial charge >= 0.3 is 0 Å². The Balaban J connectivity index is 2.69. The molecule has 2 nitrogen and oxygen atoms in total. The fraction of sp³-hybridized carbons (Fsp3) is 1.00. The van der Waals surface area contributed by atoms with Gasteiger partial charge in [-0.1, -0.05) is 31.9 Å². The second-order valence-electron chi connectivity index (χ2n) is 2.23. The normalized spacial score (nSPS) is 10.4. The van der Waals surface area contributed by atoms with E-state index in [-0.39, 0.29) is 0 Å². The summed E-state index contributed by atoms with van der Waals surface area (Å²) in [5, 5.41) is 8.71. The Bertz CT molecular complexity index is 63.5. The van der Waals surface area contributed by atoms with E-state index in [0.717, 1.165) is 36.8 Å². The van der Waals surface area contributed by atoms with E-state index in [1.807, 2.05) is 0 Å². The highest BCUT2D eigenvalue weighted by Crippen LogP contribution is 1.78. The van der Waals surface area contributed by atoms with E-state index < -0.39 is 0 Å². The van der Waals surface area contributed by atoms with E-state index in [2.05, 4.69) is 42.5 Å². The molecule has 0 atom stereocenters. The summed E-state index contributed by atoms with van der Waals surface area (Å²) in [7, 11) is 0. The van der Waals surface area contributed by atoms with Gasteiger partial charge in [-0.15, -0.1) is 0 Å². The molecule has 0 unspecified atom stereocenters. The molecule has 0 radical (unpaired) electrons. The molecule has 0 saturated heterocycles. The van der Waals surface area contributed by atoms with Crippen molar-refractivity contribution >= 4 is 31.9 Å². The van der Waals surface area contributed by atoms with Gasteiger partial charge in [0.1, 0.15) is 0 Å². The van der Waals surface area contributed by atoms with E-state index in [1.165, 1.54) is 6.42 Å². The van der Waals surface area contributed by atoms with Gasteiger partial charge in [0.15, 0.2) is 0 Å². The molecule has 0 aliphatic rings. The Hall–Kier alpha value is 0.880. The fourth-order valence-electron chi connectivity index (χ4n) is 0.722. The van der Waals surface area contributed by atoms with E-state index in [4.69, 9.17) is 0 Å². The van der Waals surface area contributed by atoms with Crippen LogP contribution >= 0.6 is 31.9 Å². The number of hydrogen-bond acceptors (Lipinski definition) is 2. The van der Waals surface area contributed by atoms with Gasteiger partial charge in [0.2, 0.25) is 0 Å². The highest BCUT2D eigenvalue weighted by molar-refractivity contribution is 9.09. The summed E-state index contributed by atoms with van der Waals surface area (Å²) in [5.41, 5.74) is 0. The molecule has 4 heteroatoms. The molecule has 11 heavy (non-hydrogen) atoms. The van der Waals surface area contributed by atoms with Gasteiger partial charge in [0.25, 0.3) is 0 Å². The van der Waals surface area contributed by atoms with Crippen molar-refractivity contribution in [2.24, 2.45) is 0 Å². The second-order valence-corrected chi connectivity index (χ2v) is 3.82. The molecule has 0 aliphatic heterocycles. The zero-order valence-electron chi connectivity index (χ0n) is 6.71.